The normalized spacial score (nSPS) is 14.7. The Balaban J connectivity index is 1.45. The van der Waals surface area contributed by atoms with E-state index in [9.17, 15) is 14.0 Å². The fourth-order valence-corrected chi connectivity index (χ4v) is 5.06. The second-order valence-electron chi connectivity index (χ2n) is 8.37. The van der Waals surface area contributed by atoms with Gasteiger partial charge in [-0.1, -0.05) is 54.6 Å². The van der Waals surface area contributed by atoms with E-state index in [-0.39, 0.29) is 16.4 Å². The van der Waals surface area contributed by atoms with Crippen LogP contribution in [-0.2, 0) is 16.2 Å². The quantitative estimate of drug-likeness (QED) is 0.165. The van der Waals surface area contributed by atoms with E-state index >= 15 is 0 Å². The fourth-order valence-electron chi connectivity index (χ4n) is 4.21. The maximum Gasteiger partial charge on any atom is 0.270 e. The van der Waals surface area contributed by atoms with Crippen LogP contribution >= 0.6 is 28.1 Å². The minimum atomic E-state index is -0.741. The van der Waals surface area contributed by atoms with Crippen LogP contribution in [0.1, 0.15) is 11.1 Å². The number of fused-ring (bicyclic) bond motifs is 1. The molecule has 1 heterocycles. The summed E-state index contributed by atoms with van der Waals surface area (Å²) in [6, 6.07) is 23.1. The Morgan fingerprint density at radius 2 is 1.76 bits per heavy atom. The van der Waals surface area contributed by atoms with Crippen molar-refractivity contribution in [2.24, 2.45) is 0 Å². The standard InChI is InChI=1S/C29H20BrFN2O4S/c1-36-25-15-17(13-21-27(34)32-29(38)33(28(21)35)24-12-5-4-11-23(24)31)14-22(30)26(25)37-16-19-9-6-8-18-7-2-3-10-20(18)19/h2-15H,16H2,1H3,(H,32,34,38)/b21-13-. The minimum Gasteiger partial charge on any atom is -0.493 e. The molecule has 1 aliphatic rings. The van der Waals surface area contributed by atoms with Gasteiger partial charge >= 0.3 is 0 Å². The minimum absolute atomic E-state index is 0.0515. The van der Waals surface area contributed by atoms with Gasteiger partial charge in [0, 0.05) is 0 Å². The number of ether oxygens (including phenoxy) is 2. The number of thiocarbonyl (C=S) groups is 1. The number of anilines is 1. The van der Waals surface area contributed by atoms with E-state index in [2.05, 4.69) is 21.2 Å². The molecular weight excluding hydrogens is 571 g/mol. The van der Waals surface area contributed by atoms with Crippen molar-refractivity contribution in [2.75, 3.05) is 12.0 Å². The summed E-state index contributed by atoms with van der Waals surface area (Å²) >= 11 is 8.68. The van der Waals surface area contributed by atoms with E-state index in [4.69, 9.17) is 21.7 Å². The van der Waals surface area contributed by atoms with Crippen molar-refractivity contribution >= 4 is 67.6 Å². The number of amides is 2. The summed E-state index contributed by atoms with van der Waals surface area (Å²) in [4.78, 5) is 26.9. The van der Waals surface area contributed by atoms with Gasteiger partial charge in [0.2, 0.25) is 0 Å². The highest BCUT2D eigenvalue weighted by Crippen LogP contribution is 2.38. The molecule has 190 valence electrons. The molecule has 0 spiro atoms. The van der Waals surface area contributed by atoms with Crippen LogP contribution in [0.25, 0.3) is 16.8 Å². The zero-order valence-corrected chi connectivity index (χ0v) is 22.4. The van der Waals surface area contributed by atoms with Crippen LogP contribution in [0.15, 0.2) is 88.9 Å². The summed E-state index contributed by atoms with van der Waals surface area (Å²) in [5, 5.41) is 4.46. The van der Waals surface area contributed by atoms with Gasteiger partial charge in [-0.25, -0.2) is 9.29 Å². The predicted octanol–water partition coefficient (Wildman–Crippen LogP) is 6.16. The van der Waals surface area contributed by atoms with Gasteiger partial charge < -0.3 is 9.47 Å². The smallest absolute Gasteiger partial charge is 0.270 e. The van der Waals surface area contributed by atoms with Crippen molar-refractivity contribution in [2.45, 2.75) is 6.61 Å². The molecule has 4 aromatic carbocycles. The molecule has 0 radical (unpaired) electrons. The summed E-state index contributed by atoms with van der Waals surface area (Å²) in [5.41, 5.74) is 1.24. The third-order valence-corrected chi connectivity index (χ3v) is 6.88. The van der Waals surface area contributed by atoms with Crippen LogP contribution in [0.2, 0.25) is 0 Å². The van der Waals surface area contributed by atoms with Crippen LogP contribution in [0, 0.1) is 5.82 Å². The first kappa shape index (κ1) is 25.6. The highest BCUT2D eigenvalue weighted by Gasteiger charge is 2.35. The first-order valence-electron chi connectivity index (χ1n) is 11.5. The molecular formula is C29H20BrFN2O4S. The van der Waals surface area contributed by atoms with Gasteiger partial charge in [-0.15, -0.1) is 0 Å². The molecule has 5 rings (SSSR count). The number of halogens is 2. The molecule has 1 aliphatic heterocycles. The van der Waals surface area contributed by atoms with Crippen molar-refractivity contribution in [1.29, 1.82) is 0 Å². The average Bonchev–Trinajstić information content (AvgIpc) is 2.91. The van der Waals surface area contributed by atoms with Gasteiger partial charge in [0.25, 0.3) is 11.8 Å². The van der Waals surface area contributed by atoms with E-state index in [1.54, 1.807) is 18.2 Å². The highest BCUT2D eigenvalue weighted by molar-refractivity contribution is 9.10. The Hall–Kier alpha value is -4.08. The molecule has 0 aromatic heterocycles. The van der Waals surface area contributed by atoms with Crippen molar-refractivity contribution in [3.8, 4) is 11.5 Å². The van der Waals surface area contributed by atoms with Crippen LogP contribution < -0.4 is 19.7 Å². The number of nitrogens with one attached hydrogen (secondary N) is 1. The van der Waals surface area contributed by atoms with Gasteiger partial charge in [0.1, 0.15) is 18.0 Å². The van der Waals surface area contributed by atoms with Crippen molar-refractivity contribution < 1.29 is 23.5 Å². The lowest BCUT2D eigenvalue weighted by Gasteiger charge is -2.29. The SMILES string of the molecule is COc1cc(/C=C2/C(=O)NC(=S)N(c3ccccc3F)C2=O)cc(Br)c1OCc1cccc2ccccc12. The molecule has 38 heavy (non-hydrogen) atoms. The highest BCUT2D eigenvalue weighted by atomic mass is 79.9. The Morgan fingerprint density at radius 3 is 2.55 bits per heavy atom. The van der Waals surface area contributed by atoms with Crippen LogP contribution in [0.5, 0.6) is 11.5 Å². The number of rotatable bonds is 6. The number of hydrogen-bond acceptors (Lipinski definition) is 5. The van der Waals surface area contributed by atoms with E-state index in [0.717, 1.165) is 21.2 Å². The third kappa shape index (κ3) is 4.90. The second-order valence-corrected chi connectivity index (χ2v) is 9.61. The number of hydrogen-bond donors (Lipinski definition) is 1. The molecule has 4 aromatic rings. The van der Waals surface area contributed by atoms with E-state index in [0.29, 0.717) is 28.1 Å². The molecule has 0 unspecified atom stereocenters. The van der Waals surface area contributed by atoms with Crippen LogP contribution in [0.4, 0.5) is 10.1 Å². The average molecular weight is 591 g/mol. The number of methoxy groups -OCH3 is 1. The zero-order valence-electron chi connectivity index (χ0n) is 20.0. The first-order valence-corrected chi connectivity index (χ1v) is 12.7. The fraction of sp³-hybridized carbons (Fsp3) is 0.0690. The van der Waals surface area contributed by atoms with Crippen LogP contribution in [-0.4, -0.2) is 24.0 Å². The molecule has 0 saturated carbocycles. The topological polar surface area (TPSA) is 67.9 Å². The molecule has 0 atom stereocenters. The number of benzene rings is 4. The number of para-hydroxylation sites is 1. The van der Waals surface area contributed by atoms with E-state index in [1.165, 1.54) is 31.4 Å². The number of carbonyl (C=O) groups is 2. The maximum absolute atomic E-state index is 14.4. The van der Waals surface area contributed by atoms with Crippen molar-refractivity contribution in [3.05, 3.63) is 106 Å². The molecule has 2 amide bonds. The van der Waals surface area contributed by atoms with Gasteiger partial charge in [-0.05, 0) is 80.4 Å². The van der Waals surface area contributed by atoms with Gasteiger partial charge in [-0.3, -0.25) is 14.9 Å². The number of nitrogens with zero attached hydrogens (tertiary/aromatic N) is 1. The predicted molar refractivity (Wildman–Crippen MR) is 152 cm³/mol. The Morgan fingerprint density at radius 1 is 1.03 bits per heavy atom. The molecule has 1 saturated heterocycles. The second kappa shape index (κ2) is 10.7. The lowest BCUT2D eigenvalue weighted by atomic mass is 10.1. The first-order chi connectivity index (χ1) is 18.4. The summed E-state index contributed by atoms with van der Waals surface area (Å²) in [6.45, 7) is 0.298. The van der Waals surface area contributed by atoms with Gasteiger partial charge in [-0.2, -0.15) is 0 Å². The molecule has 0 bridgehead atoms. The molecule has 0 aliphatic carbocycles. The van der Waals surface area contributed by atoms with Gasteiger partial charge in [0.05, 0.1) is 17.3 Å². The number of carbonyl (C=O) groups excluding carboxylic acids is 2. The van der Waals surface area contributed by atoms with E-state index < -0.39 is 17.6 Å². The Kier molecular flexibility index (Phi) is 7.22. The van der Waals surface area contributed by atoms with Crippen molar-refractivity contribution in [3.63, 3.8) is 0 Å². The zero-order chi connectivity index (χ0) is 26.8. The molecule has 1 N–H and O–H groups in total. The summed E-state index contributed by atoms with van der Waals surface area (Å²) in [5.74, 6) is -1.20. The monoisotopic (exact) mass is 590 g/mol. The van der Waals surface area contributed by atoms with Gasteiger partial charge in [0.15, 0.2) is 16.6 Å². The summed E-state index contributed by atoms with van der Waals surface area (Å²) < 4.78 is 26.7. The largest absolute Gasteiger partial charge is 0.493 e. The summed E-state index contributed by atoms with van der Waals surface area (Å²) in [7, 11) is 1.50. The van der Waals surface area contributed by atoms with E-state index in [1.807, 2.05) is 42.5 Å². The Bertz CT molecular complexity index is 1630. The lowest BCUT2D eigenvalue weighted by Crippen LogP contribution is -2.54. The maximum atomic E-state index is 14.4. The molecule has 9 heteroatoms. The summed E-state index contributed by atoms with van der Waals surface area (Å²) in [6.07, 6.45) is 1.40. The Labute approximate surface area is 231 Å². The van der Waals surface area contributed by atoms with Crippen LogP contribution in [0.3, 0.4) is 0 Å². The molecule has 1 fully saturated rings. The lowest BCUT2D eigenvalue weighted by molar-refractivity contribution is -0.122. The third-order valence-electron chi connectivity index (χ3n) is 6.01. The molecule has 6 nitrogen and oxygen atoms in total. The van der Waals surface area contributed by atoms with Crippen molar-refractivity contribution in [1.82, 2.24) is 5.32 Å².